The fourth-order valence-corrected chi connectivity index (χ4v) is 3.14. The number of nitrogens with zero attached hydrogens (tertiary/aromatic N) is 5. The molecule has 1 fully saturated rings. The van der Waals surface area contributed by atoms with Gasteiger partial charge in [0.1, 0.15) is 11.2 Å². The molecule has 3 aromatic rings. The van der Waals surface area contributed by atoms with Gasteiger partial charge in [-0.25, -0.2) is 4.98 Å². The number of nitrogens with one attached hydrogen (secondary N) is 2. The Morgan fingerprint density at radius 2 is 2.17 bits per heavy atom. The number of alkyl halides is 3. The number of pyridine rings is 1. The Morgan fingerprint density at radius 3 is 2.77 bits per heavy atom. The standard InChI is InChI=1S/C18H16F3N7O2/c1-3-17(6-7-22-15(17)29)16-26-25-14(30-16)13-11(9-28(2)27-13)24-12-5-4-10(8-23-12)18(19,20)21/h3-5,8-9H,1,6-7H2,2H3,(H,22,29)(H,23,24)/t17-/m0/s1. The van der Waals surface area contributed by atoms with Gasteiger partial charge in [0.25, 0.3) is 5.89 Å². The number of carbonyl (C=O) groups excluding carboxylic acids is 1. The van der Waals surface area contributed by atoms with Gasteiger partial charge in [-0.05, 0) is 18.6 Å². The van der Waals surface area contributed by atoms with Gasteiger partial charge in [-0.2, -0.15) is 18.3 Å². The van der Waals surface area contributed by atoms with E-state index in [0.29, 0.717) is 18.7 Å². The molecule has 2 N–H and O–H groups in total. The summed E-state index contributed by atoms with van der Waals surface area (Å²) in [5, 5.41) is 17.9. The number of carbonyl (C=O) groups is 1. The number of aryl methyl sites for hydroxylation is 1. The minimum atomic E-state index is -4.47. The van der Waals surface area contributed by atoms with Crippen LogP contribution in [0.15, 0.2) is 41.6 Å². The van der Waals surface area contributed by atoms with Crippen molar-refractivity contribution in [2.45, 2.75) is 18.0 Å². The molecule has 9 nitrogen and oxygen atoms in total. The van der Waals surface area contributed by atoms with E-state index in [9.17, 15) is 18.0 Å². The molecule has 1 saturated heterocycles. The molecule has 4 heterocycles. The van der Waals surface area contributed by atoms with Crippen LogP contribution in [0.1, 0.15) is 17.9 Å². The zero-order valence-corrected chi connectivity index (χ0v) is 15.7. The fraction of sp³-hybridized carbons (Fsp3) is 0.278. The summed E-state index contributed by atoms with van der Waals surface area (Å²) in [6.07, 6.45) is -0.255. The van der Waals surface area contributed by atoms with Crippen molar-refractivity contribution in [3.05, 3.63) is 48.6 Å². The molecule has 0 saturated carbocycles. The lowest BCUT2D eigenvalue weighted by atomic mass is 9.86. The van der Waals surface area contributed by atoms with Crippen LogP contribution in [0.3, 0.4) is 0 Å². The minimum Gasteiger partial charge on any atom is -0.418 e. The highest BCUT2D eigenvalue weighted by molar-refractivity contribution is 5.91. The molecule has 12 heteroatoms. The lowest BCUT2D eigenvalue weighted by molar-refractivity contribution is -0.137. The second kappa shape index (κ2) is 6.97. The molecule has 156 valence electrons. The topological polar surface area (TPSA) is 111 Å². The highest BCUT2D eigenvalue weighted by Gasteiger charge is 2.46. The summed E-state index contributed by atoms with van der Waals surface area (Å²) in [6, 6.07) is 2.12. The highest BCUT2D eigenvalue weighted by atomic mass is 19.4. The first-order chi connectivity index (χ1) is 14.2. The highest BCUT2D eigenvalue weighted by Crippen LogP contribution is 2.35. The minimum absolute atomic E-state index is 0.0425. The number of hydrogen-bond donors (Lipinski definition) is 2. The zero-order chi connectivity index (χ0) is 21.5. The largest absolute Gasteiger partial charge is 0.418 e. The first-order valence-electron chi connectivity index (χ1n) is 8.83. The van der Waals surface area contributed by atoms with E-state index in [2.05, 4.69) is 37.5 Å². The molecule has 3 aromatic heterocycles. The molecule has 0 radical (unpaired) electrons. The number of aromatic nitrogens is 5. The number of halogens is 3. The summed E-state index contributed by atoms with van der Waals surface area (Å²) >= 11 is 0. The van der Waals surface area contributed by atoms with Crippen molar-refractivity contribution in [2.24, 2.45) is 7.05 Å². The average molecular weight is 419 g/mol. The Kier molecular flexibility index (Phi) is 4.56. The molecule has 1 atom stereocenters. The predicted molar refractivity (Wildman–Crippen MR) is 98.5 cm³/mol. The maximum atomic E-state index is 12.7. The second-order valence-corrected chi connectivity index (χ2v) is 6.71. The molecule has 0 bridgehead atoms. The predicted octanol–water partition coefficient (Wildman–Crippen LogP) is 2.57. The number of amides is 1. The third-order valence-corrected chi connectivity index (χ3v) is 4.75. The van der Waals surface area contributed by atoms with Gasteiger partial charge < -0.3 is 15.1 Å². The Morgan fingerprint density at radius 1 is 1.37 bits per heavy atom. The van der Waals surface area contributed by atoms with Gasteiger partial charge in [0, 0.05) is 26.0 Å². The summed E-state index contributed by atoms with van der Waals surface area (Å²) in [4.78, 5) is 16.0. The van der Waals surface area contributed by atoms with E-state index in [1.54, 1.807) is 13.2 Å². The summed E-state index contributed by atoms with van der Waals surface area (Å²) in [6.45, 7) is 4.17. The molecule has 1 aliphatic heterocycles. The zero-order valence-electron chi connectivity index (χ0n) is 15.7. The lowest BCUT2D eigenvalue weighted by Crippen LogP contribution is -2.33. The molecule has 0 aromatic carbocycles. The lowest BCUT2D eigenvalue weighted by Gasteiger charge is -2.15. The fourth-order valence-electron chi connectivity index (χ4n) is 3.14. The van der Waals surface area contributed by atoms with Gasteiger partial charge in [-0.1, -0.05) is 6.08 Å². The van der Waals surface area contributed by atoms with Crippen LogP contribution in [0.4, 0.5) is 24.7 Å². The summed E-state index contributed by atoms with van der Waals surface area (Å²) in [5.41, 5.74) is -1.31. The quantitative estimate of drug-likeness (QED) is 0.612. The molecule has 1 aliphatic rings. The normalized spacial score (nSPS) is 19.0. The third-order valence-electron chi connectivity index (χ3n) is 4.75. The van der Waals surface area contributed by atoms with Crippen molar-refractivity contribution in [1.29, 1.82) is 0 Å². The molecule has 0 aliphatic carbocycles. The maximum absolute atomic E-state index is 12.7. The SMILES string of the molecule is C=C[C@]1(c2nnc(-c3nn(C)cc3Nc3ccc(C(F)(F)F)cn3)o2)CCNC1=O. The van der Waals surface area contributed by atoms with Crippen LogP contribution in [-0.2, 0) is 23.4 Å². The Labute approximate surface area is 168 Å². The molecule has 4 rings (SSSR count). The third kappa shape index (κ3) is 3.29. The molecule has 0 unspecified atom stereocenters. The van der Waals surface area contributed by atoms with E-state index in [0.717, 1.165) is 12.3 Å². The van der Waals surface area contributed by atoms with Crippen molar-refractivity contribution in [2.75, 3.05) is 11.9 Å². The number of anilines is 2. The first-order valence-corrected chi connectivity index (χ1v) is 8.83. The van der Waals surface area contributed by atoms with E-state index < -0.39 is 17.2 Å². The van der Waals surface area contributed by atoms with Crippen LogP contribution in [0.2, 0.25) is 0 Å². The van der Waals surface area contributed by atoms with Gasteiger partial charge in [-0.15, -0.1) is 16.8 Å². The van der Waals surface area contributed by atoms with Crippen molar-refractivity contribution >= 4 is 17.4 Å². The Hall–Kier alpha value is -3.70. The van der Waals surface area contributed by atoms with Crippen LogP contribution < -0.4 is 10.6 Å². The van der Waals surface area contributed by atoms with Crippen LogP contribution in [0.5, 0.6) is 0 Å². The van der Waals surface area contributed by atoms with Crippen molar-refractivity contribution in [3.63, 3.8) is 0 Å². The van der Waals surface area contributed by atoms with Crippen LogP contribution >= 0.6 is 0 Å². The van der Waals surface area contributed by atoms with Gasteiger partial charge >= 0.3 is 6.18 Å². The van der Waals surface area contributed by atoms with Crippen molar-refractivity contribution in [3.8, 4) is 11.6 Å². The monoisotopic (exact) mass is 419 g/mol. The number of hydrogen-bond acceptors (Lipinski definition) is 7. The first kappa shape index (κ1) is 19.6. The van der Waals surface area contributed by atoms with Crippen LogP contribution in [0.25, 0.3) is 11.6 Å². The van der Waals surface area contributed by atoms with Crippen molar-refractivity contribution in [1.82, 2.24) is 30.3 Å². The molecule has 1 amide bonds. The van der Waals surface area contributed by atoms with Crippen LogP contribution in [-0.4, -0.2) is 37.4 Å². The number of rotatable bonds is 5. The average Bonchev–Trinajstić information content (AvgIpc) is 3.40. The summed E-state index contributed by atoms with van der Waals surface area (Å²) in [5.74, 6) is 0.0310. The molecular weight excluding hydrogens is 403 g/mol. The Bertz CT molecular complexity index is 1100. The molecule has 0 spiro atoms. The van der Waals surface area contributed by atoms with Crippen LogP contribution in [0, 0.1) is 0 Å². The molecule has 30 heavy (non-hydrogen) atoms. The van der Waals surface area contributed by atoms with E-state index in [1.807, 2.05) is 0 Å². The Balaban J connectivity index is 1.64. The second-order valence-electron chi connectivity index (χ2n) is 6.71. The maximum Gasteiger partial charge on any atom is 0.417 e. The van der Waals surface area contributed by atoms with Gasteiger partial charge in [0.15, 0.2) is 5.69 Å². The summed E-state index contributed by atoms with van der Waals surface area (Å²) < 4.78 is 45.4. The van der Waals surface area contributed by atoms with E-state index in [1.165, 1.54) is 16.8 Å². The molecular formula is C18H16F3N7O2. The van der Waals surface area contributed by atoms with E-state index >= 15 is 0 Å². The summed E-state index contributed by atoms with van der Waals surface area (Å²) in [7, 11) is 1.65. The van der Waals surface area contributed by atoms with Gasteiger partial charge in [-0.3, -0.25) is 9.48 Å². The van der Waals surface area contributed by atoms with E-state index in [-0.39, 0.29) is 29.2 Å². The van der Waals surface area contributed by atoms with E-state index in [4.69, 9.17) is 4.42 Å². The van der Waals surface area contributed by atoms with Crippen molar-refractivity contribution < 1.29 is 22.4 Å². The van der Waals surface area contributed by atoms with Gasteiger partial charge in [0.2, 0.25) is 11.8 Å². The van der Waals surface area contributed by atoms with Gasteiger partial charge in [0.05, 0.1) is 11.3 Å². The smallest absolute Gasteiger partial charge is 0.417 e.